The molecule has 0 bridgehead atoms. The molecule has 1 rings (SSSR count). The van der Waals surface area contributed by atoms with Crippen LogP contribution >= 0.6 is 11.3 Å². The highest BCUT2D eigenvalue weighted by atomic mass is 32.2. The number of nitrogens with zero attached hydrogens (tertiary/aromatic N) is 3. The van der Waals surface area contributed by atoms with Gasteiger partial charge in [0.2, 0.25) is 11.0 Å². The van der Waals surface area contributed by atoms with E-state index in [2.05, 4.69) is 32.9 Å². The molecule has 0 aliphatic heterocycles. The van der Waals surface area contributed by atoms with Crippen molar-refractivity contribution in [1.82, 2.24) is 10.2 Å². The molecule has 9 heteroatoms. The third-order valence-corrected chi connectivity index (χ3v) is 5.18. The minimum absolute atomic E-state index is 0.125. The molecule has 0 saturated carbocycles. The Labute approximate surface area is 146 Å². The van der Waals surface area contributed by atoms with Crippen LogP contribution in [0.1, 0.15) is 46.0 Å². The number of nitrogens with one attached hydrogen (secondary N) is 1. The van der Waals surface area contributed by atoms with Gasteiger partial charge in [0.1, 0.15) is 0 Å². The van der Waals surface area contributed by atoms with E-state index in [-0.39, 0.29) is 15.4 Å². The van der Waals surface area contributed by atoms with Crippen molar-refractivity contribution in [3.8, 4) is 0 Å². The molecule has 0 saturated heterocycles. The van der Waals surface area contributed by atoms with Gasteiger partial charge in [0, 0.05) is 13.1 Å². The Kier molecular flexibility index (Phi) is 9.10. The van der Waals surface area contributed by atoms with Crippen LogP contribution in [0.2, 0.25) is 0 Å². The average Bonchev–Trinajstić information content (AvgIpc) is 2.97. The van der Waals surface area contributed by atoms with Gasteiger partial charge in [-0.15, -0.1) is 10.2 Å². The normalized spacial score (nSPS) is 12.6. The molecular formula is C15H22N4O3S2. The van der Waals surface area contributed by atoms with Crippen LogP contribution in [0.15, 0.2) is 33.0 Å². The lowest BCUT2D eigenvalue weighted by Gasteiger charge is -1.91. The van der Waals surface area contributed by atoms with Gasteiger partial charge in [0.15, 0.2) is 0 Å². The number of carbonyl (C=O) groups is 1. The summed E-state index contributed by atoms with van der Waals surface area (Å²) in [5.74, 6) is -0.343. The van der Waals surface area contributed by atoms with Gasteiger partial charge in [0.25, 0.3) is 4.34 Å². The number of hydrogen-bond donors (Lipinski definition) is 1. The number of unbranched alkanes of at least 4 members (excludes halogenated alkanes) is 3. The van der Waals surface area contributed by atoms with Gasteiger partial charge in [0.05, 0.1) is 0 Å². The second-order valence-corrected chi connectivity index (χ2v) is 7.70. The first-order chi connectivity index (χ1) is 11.5. The molecule has 1 heterocycles. The van der Waals surface area contributed by atoms with Crippen molar-refractivity contribution in [1.29, 1.82) is 0 Å². The van der Waals surface area contributed by atoms with E-state index in [0.717, 1.165) is 24.2 Å². The molecule has 0 aliphatic rings. The highest BCUT2D eigenvalue weighted by molar-refractivity contribution is 7.92. The Bertz CT molecular complexity index is 706. The number of allylic oxidation sites excluding steroid dienone is 4. The zero-order chi connectivity index (χ0) is 17.8. The van der Waals surface area contributed by atoms with E-state index in [1.807, 2.05) is 12.2 Å². The predicted molar refractivity (Wildman–Crippen MR) is 96.9 cm³/mol. The van der Waals surface area contributed by atoms with Crippen molar-refractivity contribution in [3.63, 3.8) is 0 Å². The fourth-order valence-electron chi connectivity index (χ4n) is 1.62. The van der Waals surface area contributed by atoms with Crippen LogP contribution in [0.5, 0.6) is 0 Å². The van der Waals surface area contributed by atoms with E-state index >= 15 is 0 Å². The van der Waals surface area contributed by atoms with Crippen molar-refractivity contribution in [2.24, 2.45) is 4.40 Å². The first-order valence-electron chi connectivity index (χ1n) is 7.67. The Morgan fingerprint density at radius 2 is 2.04 bits per heavy atom. The summed E-state index contributed by atoms with van der Waals surface area (Å²) in [4.78, 5) is 10.9. The van der Waals surface area contributed by atoms with Crippen LogP contribution in [0, 0.1) is 0 Å². The van der Waals surface area contributed by atoms with E-state index in [9.17, 15) is 13.2 Å². The number of carbonyl (C=O) groups excluding carboxylic acids is 1. The Morgan fingerprint density at radius 1 is 1.25 bits per heavy atom. The monoisotopic (exact) mass is 370 g/mol. The van der Waals surface area contributed by atoms with Crippen molar-refractivity contribution in [2.45, 2.75) is 50.3 Å². The van der Waals surface area contributed by atoms with Crippen LogP contribution in [0.3, 0.4) is 0 Å². The largest absolute Gasteiger partial charge is 0.311 e. The van der Waals surface area contributed by atoms with E-state index in [1.165, 1.54) is 32.4 Å². The van der Waals surface area contributed by atoms with Crippen LogP contribution in [-0.4, -0.2) is 30.7 Å². The molecule has 24 heavy (non-hydrogen) atoms. The summed E-state index contributed by atoms with van der Waals surface area (Å²) >= 11 is 0.758. The number of sulfonamides is 1. The molecule has 1 amide bonds. The molecule has 1 N–H and O–H groups in total. The lowest BCUT2D eigenvalue weighted by molar-refractivity contribution is -0.114. The number of anilines is 1. The summed E-state index contributed by atoms with van der Waals surface area (Å²) in [5.41, 5.74) is 0. The molecule has 132 valence electrons. The quantitative estimate of drug-likeness (QED) is 0.294. The SMILES string of the molecule is CCCCC/C=C/C/C=C/C=N/S(=O)(=O)c1nnc(NC(C)=O)s1. The molecular weight excluding hydrogens is 348 g/mol. The predicted octanol–water partition coefficient (Wildman–Crippen LogP) is 3.34. The third kappa shape index (κ3) is 8.11. The Hall–Kier alpha value is -1.87. The maximum atomic E-state index is 11.9. The van der Waals surface area contributed by atoms with Gasteiger partial charge in [-0.2, -0.15) is 12.8 Å². The van der Waals surface area contributed by atoms with Gasteiger partial charge >= 0.3 is 10.0 Å². The summed E-state index contributed by atoms with van der Waals surface area (Å²) in [5, 5.41) is 9.60. The molecule has 0 atom stereocenters. The van der Waals surface area contributed by atoms with E-state index < -0.39 is 10.0 Å². The van der Waals surface area contributed by atoms with Crippen LogP contribution < -0.4 is 5.32 Å². The van der Waals surface area contributed by atoms with Crippen molar-refractivity contribution >= 4 is 38.6 Å². The summed E-state index contributed by atoms with van der Waals surface area (Å²) in [6.07, 6.45) is 14.2. The fourth-order valence-corrected chi connectivity index (χ4v) is 3.40. The van der Waals surface area contributed by atoms with Gasteiger partial charge < -0.3 is 5.32 Å². The van der Waals surface area contributed by atoms with Crippen LogP contribution in [0.25, 0.3) is 0 Å². The Morgan fingerprint density at radius 3 is 2.75 bits per heavy atom. The van der Waals surface area contributed by atoms with Gasteiger partial charge in [-0.05, 0) is 25.3 Å². The molecule has 0 fully saturated rings. The van der Waals surface area contributed by atoms with E-state index in [0.29, 0.717) is 0 Å². The number of hydrogen-bond acceptors (Lipinski definition) is 6. The molecule has 1 aromatic rings. The highest BCUT2D eigenvalue weighted by Gasteiger charge is 2.18. The standard InChI is InChI=1S/C15H22N4O3S2/c1-3-4-5-6-7-8-9-10-11-12-16-24(21,22)15-19-18-14(23-15)17-13(2)20/h7-8,10-12H,3-6,9H2,1-2H3,(H,17,18,20)/b8-7+,11-10+,16-12+. The second kappa shape index (κ2) is 10.8. The van der Waals surface area contributed by atoms with Crippen LogP contribution in [0.4, 0.5) is 5.13 Å². The molecule has 7 nitrogen and oxygen atoms in total. The summed E-state index contributed by atoms with van der Waals surface area (Å²) in [7, 11) is -3.89. The minimum atomic E-state index is -3.89. The molecule has 1 aromatic heterocycles. The Balaban J connectivity index is 2.46. The zero-order valence-electron chi connectivity index (χ0n) is 13.8. The number of aromatic nitrogens is 2. The topological polar surface area (TPSA) is 101 Å². The second-order valence-electron chi connectivity index (χ2n) is 4.91. The summed E-state index contributed by atoms with van der Waals surface area (Å²) in [6, 6.07) is 0. The van der Waals surface area contributed by atoms with Gasteiger partial charge in [-0.3, -0.25) is 4.79 Å². The highest BCUT2D eigenvalue weighted by Crippen LogP contribution is 2.21. The molecule has 0 unspecified atom stereocenters. The average molecular weight is 371 g/mol. The van der Waals surface area contributed by atoms with Gasteiger partial charge in [-0.1, -0.05) is 49.3 Å². The first kappa shape index (κ1) is 20.2. The van der Waals surface area contributed by atoms with Crippen molar-refractivity contribution < 1.29 is 13.2 Å². The maximum Gasteiger partial charge on any atom is 0.311 e. The smallest absolute Gasteiger partial charge is 0.301 e. The number of amides is 1. The molecule has 0 spiro atoms. The lowest BCUT2D eigenvalue weighted by Crippen LogP contribution is -2.04. The molecule has 0 radical (unpaired) electrons. The maximum absolute atomic E-state index is 11.9. The van der Waals surface area contributed by atoms with E-state index in [1.54, 1.807) is 6.08 Å². The summed E-state index contributed by atoms with van der Waals surface area (Å²) in [6.45, 7) is 3.47. The zero-order valence-corrected chi connectivity index (χ0v) is 15.4. The molecule has 0 aliphatic carbocycles. The first-order valence-corrected chi connectivity index (χ1v) is 9.93. The minimum Gasteiger partial charge on any atom is -0.301 e. The van der Waals surface area contributed by atoms with E-state index in [4.69, 9.17) is 0 Å². The lowest BCUT2D eigenvalue weighted by atomic mass is 10.2. The van der Waals surface area contributed by atoms with Crippen molar-refractivity contribution in [3.05, 3.63) is 24.3 Å². The van der Waals surface area contributed by atoms with Crippen LogP contribution in [-0.2, 0) is 14.8 Å². The fraction of sp³-hybridized carbons (Fsp3) is 0.467. The number of rotatable bonds is 10. The summed E-state index contributed by atoms with van der Waals surface area (Å²) < 4.78 is 27.1. The molecule has 0 aromatic carbocycles. The van der Waals surface area contributed by atoms with Gasteiger partial charge in [-0.25, -0.2) is 0 Å². The van der Waals surface area contributed by atoms with Crippen molar-refractivity contribution in [2.75, 3.05) is 5.32 Å². The third-order valence-electron chi connectivity index (χ3n) is 2.75.